The number of thiocarbonyl (C=S) groups is 1. The molecular formula is C15H9NO5S2. The molecule has 6 nitrogen and oxygen atoms in total. The molecule has 2 heterocycles. The van der Waals surface area contributed by atoms with E-state index in [1.807, 2.05) is 0 Å². The maximum atomic E-state index is 12.2. The molecule has 1 aromatic carbocycles. The molecule has 0 unspecified atom stereocenters. The predicted molar refractivity (Wildman–Crippen MR) is 90.0 cm³/mol. The molecule has 0 saturated carbocycles. The van der Waals surface area contributed by atoms with Crippen LogP contribution in [0.1, 0.15) is 5.56 Å². The molecule has 0 bridgehead atoms. The number of fused-ring (bicyclic) bond motifs is 1. The highest BCUT2D eigenvalue weighted by Gasteiger charge is 2.33. The molecule has 23 heavy (non-hydrogen) atoms. The van der Waals surface area contributed by atoms with Gasteiger partial charge in [0.1, 0.15) is 16.4 Å². The summed E-state index contributed by atoms with van der Waals surface area (Å²) in [7, 11) is 0. The van der Waals surface area contributed by atoms with Crippen molar-refractivity contribution in [2.45, 2.75) is 0 Å². The largest absolute Gasteiger partial charge is 0.480 e. The van der Waals surface area contributed by atoms with Crippen molar-refractivity contribution in [3.63, 3.8) is 0 Å². The van der Waals surface area contributed by atoms with E-state index in [9.17, 15) is 14.4 Å². The molecule has 1 N–H and O–H groups in total. The van der Waals surface area contributed by atoms with Gasteiger partial charge < -0.3 is 9.52 Å². The highest BCUT2D eigenvalue weighted by atomic mass is 32.2. The van der Waals surface area contributed by atoms with Gasteiger partial charge in [-0.2, -0.15) is 0 Å². The quantitative estimate of drug-likeness (QED) is 0.517. The van der Waals surface area contributed by atoms with Crippen LogP contribution in [0.5, 0.6) is 0 Å². The fourth-order valence-corrected chi connectivity index (χ4v) is 3.34. The Bertz CT molecular complexity index is 931. The van der Waals surface area contributed by atoms with E-state index in [1.165, 1.54) is 6.08 Å². The van der Waals surface area contributed by atoms with Crippen LogP contribution in [0.3, 0.4) is 0 Å². The fourth-order valence-electron chi connectivity index (χ4n) is 2.09. The second-order valence-corrected chi connectivity index (χ2v) is 6.36. The van der Waals surface area contributed by atoms with Crippen LogP contribution in [-0.2, 0) is 9.59 Å². The van der Waals surface area contributed by atoms with Gasteiger partial charge in [0.2, 0.25) is 0 Å². The number of carbonyl (C=O) groups excluding carboxylic acids is 1. The third-order valence-electron chi connectivity index (χ3n) is 3.12. The molecule has 116 valence electrons. The van der Waals surface area contributed by atoms with Gasteiger partial charge in [-0.1, -0.05) is 42.2 Å². The minimum Gasteiger partial charge on any atom is -0.480 e. The lowest BCUT2D eigenvalue weighted by atomic mass is 10.2. The molecule has 0 spiro atoms. The van der Waals surface area contributed by atoms with Gasteiger partial charge in [0.25, 0.3) is 5.91 Å². The van der Waals surface area contributed by atoms with Crippen LogP contribution in [0.2, 0.25) is 0 Å². The van der Waals surface area contributed by atoms with Crippen molar-refractivity contribution in [3.05, 3.63) is 51.2 Å². The molecular weight excluding hydrogens is 338 g/mol. The van der Waals surface area contributed by atoms with Gasteiger partial charge in [-0.3, -0.25) is 14.5 Å². The normalized spacial score (nSPS) is 16.5. The number of carboxylic acid groups (broad SMARTS) is 1. The first-order chi connectivity index (χ1) is 11.0. The molecule has 1 amide bonds. The summed E-state index contributed by atoms with van der Waals surface area (Å²) < 4.78 is 5.34. The molecule has 0 radical (unpaired) electrons. The Morgan fingerprint density at radius 2 is 2.09 bits per heavy atom. The summed E-state index contributed by atoms with van der Waals surface area (Å²) in [4.78, 5) is 36.1. The topological polar surface area (TPSA) is 87.8 Å². The summed E-state index contributed by atoms with van der Waals surface area (Å²) >= 11 is 5.96. The maximum Gasteiger partial charge on any atom is 0.343 e. The maximum absolute atomic E-state index is 12.2. The Balaban J connectivity index is 2.00. The van der Waals surface area contributed by atoms with Gasteiger partial charge in [0, 0.05) is 5.39 Å². The fraction of sp³-hybridized carbons (Fsp3) is 0.0667. The second-order valence-electron chi connectivity index (χ2n) is 4.69. The molecule has 1 saturated heterocycles. The number of aliphatic carboxylic acids is 1. The first-order valence-electron chi connectivity index (χ1n) is 6.46. The molecule has 1 fully saturated rings. The Kier molecular flexibility index (Phi) is 4.01. The molecule has 0 atom stereocenters. The molecule has 1 aliphatic heterocycles. The first-order valence-corrected chi connectivity index (χ1v) is 7.68. The Hall–Kier alpha value is -2.45. The SMILES string of the molecule is O=C(O)CN1C(=O)/C(=C/c2cc3ccccc3oc2=O)SC1=S. The highest BCUT2D eigenvalue weighted by molar-refractivity contribution is 8.26. The van der Waals surface area contributed by atoms with Crippen LogP contribution in [-0.4, -0.2) is 32.7 Å². The van der Waals surface area contributed by atoms with E-state index < -0.39 is 24.0 Å². The van der Waals surface area contributed by atoms with E-state index in [0.29, 0.717) is 5.58 Å². The van der Waals surface area contributed by atoms with Gasteiger partial charge in [-0.25, -0.2) is 4.79 Å². The lowest BCUT2D eigenvalue weighted by Crippen LogP contribution is -2.33. The van der Waals surface area contributed by atoms with E-state index >= 15 is 0 Å². The minimum atomic E-state index is -1.16. The number of carbonyl (C=O) groups is 2. The monoisotopic (exact) mass is 347 g/mol. The first kappa shape index (κ1) is 15.4. The molecule has 1 aromatic heterocycles. The lowest BCUT2D eigenvalue weighted by Gasteiger charge is -2.10. The van der Waals surface area contributed by atoms with Crippen molar-refractivity contribution in [2.24, 2.45) is 0 Å². The average molecular weight is 347 g/mol. The van der Waals surface area contributed by atoms with Crippen LogP contribution in [0.25, 0.3) is 17.0 Å². The lowest BCUT2D eigenvalue weighted by molar-refractivity contribution is -0.140. The minimum absolute atomic E-state index is 0.147. The molecule has 0 aliphatic carbocycles. The number of nitrogens with zero attached hydrogens (tertiary/aromatic N) is 1. The second kappa shape index (κ2) is 5.98. The summed E-state index contributed by atoms with van der Waals surface area (Å²) in [5, 5.41) is 9.52. The summed E-state index contributed by atoms with van der Waals surface area (Å²) in [5.74, 6) is -1.69. The van der Waals surface area contributed by atoms with E-state index in [1.54, 1.807) is 30.3 Å². The standard InChI is InChI=1S/C15H9NO5S2/c17-12(18)7-16-13(19)11(23-15(16)22)6-9-5-8-3-1-2-4-10(8)21-14(9)20/h1-6H,7H2,(H,17,18)/b11-6-. The predicted octanol–water partition coefficient (Wildman–Crippen LogP) is 2.08. The van der Waals surface area contributed by atoms with E-state index in [4.69, 9.17) is 21.7 Å². The number of carboxylic acids is 1. The molecule has 2 aromatic rings. The van der Waals surface area contributed by atoms with Crippen LogP contribution < -0.4 is 5.63 Å². The van der Waals surface area contributed by atoms with Gasteiger partial charge in [0.15, 0.2) is 0 Å². The number of para-hydroxylation sites is 1. The van der Waals surface area contributed by atoms with Crippen LogP contribution in [0.15, 0.2) is 44.4 Å². The zero-order chi connectivity index (χ0) is 16.6. The smallest absolute Gasteiger partial charge is 0.343 e. The van der Waals surface area contributed by atoms with E-state index in [-0.39, 0.29) is 14.8 Å². The number of benzene rings is 1. The number of hydrogen-bond acceptors (Lipinski definition) is 6. The third-order valence-corrected chi connectivity index (χ3v) is 4.50. The van der Waals surface area contributed by atoms with E-state index in [2.05, 4.69) is 0 Å². The Morgan fingerprint density at radius 1 is 1.35 bits per heavy atom. The van der Waals surface area contributed by atoms with Crippen LogP contribution in [0, 0.1) is 0 Å². The Labute approximate surface area is 139 Å². The van der Waals surface area contributed by atoms with Crippen molar-refractivity contribution in [1.82, 2.24) is 4.90 Å². The number of thioether (sulfide) groups is 1. The number of amides is 1. The van der Waals surface area contributed by atoms with Crippen molar-refractivity contribution in [2.75, 3.05) is 6.54 Å². The zero-order valence-electron chi connectivity index (χ0n) is 11.5. The van der Waals surface area contributed by atoms with Crippen molar-refractivity contribution in [1.29, 1.82) is 0 Å². The summed E-state index contributed by atoms with van der Waals surface area (Å²) in [6, 6.07) is 8.63. The third kappa shape index (κ3) is 3.03. The van der Waals surface area contributed by atoms with Gasteiger partial charge >= 0.3 is 11.6 Å². The van der Waals surface area contributed by atoms with Crippen LogP contribution >= 0.6 is 24.0 Å². The summed E-state index contributed by atoms with van der Waals surface area (Å²) in [6.45, 7) is -0.506. The van der Waals surface area contributed by atoms with Crippen molar-refractivity contribution < 1.29 is 19.1 Å². The zero-order valence-corrected chi connectivity index (χ0v) is 13.1. The highest BCUT2D eigenvalue weighted by Crippen LogP contribution is 2.32. The molecule has 3 rings (SSSR count). The summed E-state index contributed by atoms with van der Waals surface area (Å²) in [5.41, 5.74) is 0.0832. The molecule has 8 heteroatoms. The number of rotatable bonds is 3. The average Bonchev–Trinajstić information content (AvgIpc) is 2.75. The van der Waals surface area contributed by atoms with Gasteiger partial charge in [-0.15, -0.1) is 0 Å². The van der Waals surface area contributed by atoms with Crippen molar-refractivity contribution >= 4 is 57.2 Å². The van der Waals surface area contributed by atoms with Gasteiger partial charge in [-0.05, 0) is 18.2 Å². The summed E-state index contributed by atoms with van der Waals surface area (Å²) in [6.07, 6.45) is 1.37. The Morgan fingerprint density at radius 3 is 2.83 bits per heavy atom. The van der Waals surface area contributed by atoms with Crippen molar-refractivity contribution in [3.8, 4) is 0 Å². The molecule has 1 aliphatic rings. The van der Waals surface area contributed by atoms with Crippen LogP contribution in [0.4, 0.5) is 0 Å². The van der Waals surface area contributed by atoms with E-state index in [0.717, 1.165) is 22.0 Å². The van der Waals surface area contributed by atoms with Gasteiger partial charge in [0.05, 0.1) is 10.5 Å². The number of hydrogen-bond donors (Lipinski definition) is 1.